The van der Waals surface area contributed by atoms with E-state index in [-0.39, 0.29) is 30.0 Å². The molecule has 0 fully saturated rings. The minimum absolute atomic E-state index is 0. The Hall–Kier alpha value is -1.88. The van der Waals surface area contributed by atoms with Crippen molar-refractivity contribution in [1.82, 2.24) is 25.4 Å². The van der Waals surface area contributed by atoms with Crippen molar-refractivity contribution in [1.29, 1.82) is 0 Å². The van der Waals surface area contributed by atoms with Crippen LogP contribution in [0.15, 0.2) is 29.3 Å². The molecule has 9 heteroatoms. The second kappa shape index (κ2) is 11.8. The van der Waals surface area contributed by atoms with Crippen LogP contribution in [0.25, 0.3) is 0 Å². The molecule has 8 nitrogen and oxygen atoms in total. The highest BCUT2D eigenvalue weighted by Gasteiger charge is 2.09. The predicted molar refractivity (Wildman–Crippen MR) is 117 cm³/mol. The van der Waals surface area contributed by atoms with E-state index in [1.54, 1.807) is 14.2 Å². The number of halogens is 1. The maximum atomic E-state index is 5.19. The van der Waals surface area contributed by atoms with Crippen LogP contribution in [0.4, 0.5) is 0 Å². The minimum atomic E-state index is 0. The number of nitrogens with zero attached hydrogens (tertiary/aromatic N) is 4. The maximum absolute atomic E-state index is 5.19. The number of hydrogen-bond donors (Lipinski definition) is 2. The highest BCUT2D eigenvalue weighted by atomic mass is 127. The second-order valence-corrected chi connectivity index (χ2v) is 6.09. The van der Waals surface area contributed by atoms with Gasteiger partial charge in [0.05, 0.1) is 26.8 Å². The van der Waals surface area contributed by atoms with Gasteiger partial charge in [-0.2, -0.15) is 0 Å². The third-order valence-corrected chi connectivity index (χ3v) is 3.98. The Kier molecular flexibility index (Phi) is 10.1. The van der Waals surface area contributed by atoms with Crippen molar-refractivity contribution in [2.45, 2.75) is 33.0 Å². The lowest BCUT2D eigenvalue weighted by atomic mass is 10.2. The van der Waals surface area contributed by atoms with Crippen LogP contribution in [0.2, 0.25) is 0 Å². The fourth-order valence-corrected chi connectivity index (χ4v) is 2.35. The Balaban J connectivity index is 0.00000364. The van der Waals surface area contributed by atoms with Crippen molar-refractivity contribution in [3.05, 3.63) is 41.5 Å². The number of aliphatic imine (C=N–C) groups is 1. The molecule has 27 heavy (non-hydrogen) atoms. The minimum Gasteiger partial charge on any atom is -0.497 e. The zero-order chi connectivity index (χ0) is 18.9. The van der Waals surface area contributed by atoms with E-state index in [1.165, 1.54) is 0 Å². The molecule has 0 amide bonds. The van der Waals surface area contributed by atoms with Gasteiger partial charge in [-0.15, -0.1) is 34.2 Å². The average molecular weight is 488 g/mol. The van der Waals surface area contributed by atoms with Crippen LogP contribution in [-0.4, -0.2) is 47.6 Å². The number of ether oxygens (including phenoxy) is 2. The van der Waals surface area contributed by atoms with E-state index < -0.39 is 0 Å². The standard InChI is InChI=1S/C18H28N6O2.HI/c1-13(12-25-4)21-18(20-11-17-23-22-14(2)24(17)3)19-10-15-6-8-16(26-5)9-7-15;/h6-9,13H,10-12H2,1-5H3,(H2,19,20,21);1H. The van der Waals surface area contributed by atoms with Crippen molar-refractivity contribution in [2.75, 3.05) is 20.8 Å². The number of rotatable bonds is 8. The van der Waals surface area contributed by atoms with E-state index in [2.05, 4.69) is 25.8 Å². The van der Waals surface area contributed by atoms with Gasteiger partial charge >= 0.3 is 0 Å². The smallest absolute Gasteiger partial charge is 0.192 e. The summed E-state index contributed by atoms with van der Waals surface area (Å²) >= 11 is 0. The zero-order valence-electron chi connectivity index (χ0n) is 16.5. The van der Waals surface area contributed by atoms with Crippen molar-refractivity contribution in [2.24, 2.45) is 12.0 Å². The SMILES string of the molecule is COCC(C)NC(=NCc1ccc(OC)cc1)NCc1nnc(C)n1C.I. The van der Waals surface area contributed by atoms with Crippen molar-refractivity contribution < 1.29 is 9.47 Å². The summed E-state index contributed by atoms with van der Waals surface area (Å²) in [6.07, 6.45) is 0. The van der Waals surface area contributed by atoms with Crippen molar-refractivity contribution in [3.8, 4) is 5.75 Å². The third-order valence-electron chi connectivity index (χ3n) is 3.98. The molecular weight excluding hydrogens is 459 g/mol. The number of methoxy groups -OCH3 is 2. The van der Waals surface area contributed by atoms with Crippen LogP contribution in [0.3, 0.4) is 0 Å². The summed E-state index contributed by atoms with van der Waals surface area (Å²) in [5, 5.41) is 14.9. The second-order valence-electron chi connectivity index (χ2n) is 6.09. The quantitative estimate of drug-likeness (QED) is 0.336. The predicted octanol–water partition coefficient (Wildman–Crippen LogP) is 2.02. The van der Waals surface area contributed by atoms with Gasteiger partial charge in [-0.1, -0.05) is 12.1 Å². The lowest BCUT2D eigenvalue weighted by Crippen LogP contribution is -2.44. The van der Waals surface area contributed by atoms with Gasteiger partial charge in [-0.05, 0) is 31.5 Å². The molecule has 150 valence electrons. The molecule has 0 aliphatic rings. The van der Waals surface area contributed by atoms with Gasteiger partial charge < -0.3 is 24.7 Å². The van der Waals surface area contributed by atoms with Gasteiger partial charge in [0, 0.05) is 20.2 Å². The van der Waals surface area contributed by atoms with E-state index >= 15 is 0 Å². The average Bonchev–Trinajstić information content (AvgIpc) is 2.96. The van der Waals surface area contributed by atoms with Crippen molar-refractivity contribution >= 4 is 29.9 Å². The zero-order valence-corrected chi connectivity index (χ0v) is 18.9. The van der Waals surface area contributed by atoms with E-state index in [4.69, 9.17) is 9.47 Å². The number of hydrogen-bond acceptors (Lipinski definition) is 5. The van der Waals surface area contributed by atoms with Gasteiger partial charge in [0.15, 0.2) is 11.8 Å². The van der Waals surface area contributed by atoms with Gasteiger partial charge in [-0.3, -0.25) is 0 Å². The highest BCUT2D eigenvalue weighted by molar-refractivity contribution is 14.0. The Labute approximate surface area is 177 Å². The van der Waals surface area contributed by atoms with Gasteiger partial charge in [0.2, 0.25) is 0 Å². The van der Waals surface area contributed by atoms with Crippen molar-refractivity contribution in [3.63, 3.8) is 0 Å². The Morgan fingerprint density at radius 1 is 1.22 bits per heavy atom. The lowest BCUT2D eigenvalue weighted by Gasteiger charge is -2.17. The Morgan fingerprint density at radius 3 is 2.48 bits per heavy atom. The summed E-state index contributed by atoms with van der Waals surface area (Å²) in [4.78, 5) is 4.66. The van der Waals surface area contributed by atoms with Crippen LogP contribution in [0, 0.1) is 6.92 Å². The Morgan fingerprint density at radius 2 is 1.93 bits per heavy atom. The highest BCUT2D eigenvalue weighted by Crippen LogP contribution is 2.11. The molecule has 2 rings (SSSR count). The first kappa shape index (κ1) is 23.2. The molecule has 1 unspecified atom stereocenters. The van der Waals surface area contributed by atoms with Crippen LogP contribution >= 0.6 is 24.0 Å². The summed E-state index contributed by atoms with van der Waals surface area (Å²) in [7, 11) is 5.29. The molecular formula is C18H29IN6O2. The van der Waals surface area contributed by atoms with Crippen LogP contribution in [0.1, 0.15) is 24.1 Å². The van der Waals surface area contributed by atoms with Gasteiger partial charge in [0.1, 0.15) is 11.6 Å². The van der Waals surface area contributed by atoms with Crippen LogP contribution in [-0.2, 0) is 24.9 Å². The fourth-order valence-electron chi connectivity index (χ4n) is 2.35. The van der Waals surface area contributed by atoms with E-state index in [1.807, 2.05) is 49.7 Å². The molecule has 0 saturated heterocycles. The van der Waals surface area contributed by atoms with Crippen LogP contribution in [0.5, 0.6) is 5.75 Å². The molecule has 1 aromatic heterocycles. The number of nitrogens with one attached hydrogen (secondary N) is 2. The Bertz CT molecular complexity index is 717. The molecule has 1 atom stereocenters. The molecule has 0 radical (unpaired) electrons. The molecule has 0 aliphatic heterocycles. The normalized spacial score (nSPS) is 12.3. The summed E-state index contributed by atoms with van der Waals surface area (Å²) in [5.41, 5.74) is 1.10. The molecule has 1 aromatic carbocycles. The summed E-state index contributed by atoms with van der Waals surface area (Å²) in [6.45, 7) is 5.64. The molecule has 0 aliphatic carbocycles. The van der Waals surface area contributed by atoms with E-state index in [0.717, 1.165) is 23.0 Å². The largest absolute Gasteiger partial charge is 0.497 e. The fraction of sp³-hybridized carbons (Fsp3) is 0.500. The topological polar surface area (TPSA) is 85.6 Å². The first-order valence-electron chi connectivity index (χ1n) is 8.55. The van der Waals surface area contributed by atoms with E-state index in [9.17, 15) is 0 Å². The first-order valence-corrected chi connectivity index (χ1v) is 8.55. The molecule has 2 aromatic rings. The van der Waals surface area contributed by atoms with Crippen LogP contribution < -0.4 is 15.4 Å². The molecule has 2 N–H and O–H groups in total. The van der Waals surface area contributed by atoms with E-state index in [0.29, 0.717) is 25.7 Å². The van der Waals surface area contributed by atoms with Gasteiger partial charge in [-0.25, -0.2) is 4.99 Å². The first-order chi connectivity index (χ1) is 12.5. The molecule has 1 heterocycles. The number of aryl methyl sites for hydroxylation is 1. The monoisotopic (exact) mass is 488 g/mol. The molecule has 0 bridgehead atoms. The summed E-state index contributed by atoms with van der Waals surface area (Å²) in [5.74, 6) is 3.26. The third kappa shape index (κ3) is 7.33. The number of guanidine groups is 1. The number of aromatic nitrogens is 3. The number of benzene rings is 1. The summed E-state index contributed by atoms with van der Waals surface area (Å²) < 4.78 is 12.3. The lowest BCUT2D eigenvalue weighted by molar-refractivity contribution is 0.179. The summed E-state index contributed by atoms with van der Waals surface area (Å²) in [6, 6.07) is 8.00. The molecule has 0 spiro atoms. The maximum Gasteiger partial charge on any atom is 0.192 e. The molecule has 0 saturated carbocycles. The van der Waals surface area contributed by atoms with Gasteiger partial charge in [0.25, 0.3) is 0 Å².